The second-order valence-electron chi connectivity index (χ2n) is 29.5. The van der Waals surface area contributed by atoms with Crippen LogP contribution in [0.15, 0.2) is 48.5 Å². The number of carbonyl (C=O) groups excluding carboxylic acids is 4. The van der Waals surface area contributed by atoms with Gasteiger partial charge < -0.3 is 86.0 Å². The number of amides is 4. The number of ether oxygens (including phenoxy) is 2. The van der Waals surface area contributed by atoms with Gasteiger partial charge in [0.2, 0.25) is 0 Å². The van der Waals surface area contributed by atoms with E-state index in [2.05, 4.69) is 85.3 Å². The summed E-state index contributed by atoms with van der Waals surface area (Å²) < 4.78 is 84.7. The zero-order valence-electron chi connectivity index (χ0n) is 64.4. The Hall–Kier alpha value is -10.1. The summed E-state index contributed by atoms with van der Waals surface area (Å²) in [7, 11) is 0. The Morgan fingerprint density at radius 3 is 1.07 bits per heavy atom. The molecule has 4 fully saturated rings. The minimum atomic E-state index is -0.754. The van der Waals surface area contributed by atoms with Gasteiger partial charge in [-0.1, -0.05) is 63.0 Å². The standard InChI is InChI=1S/C21H27FN6O2S.C17H22ClFN4O2.2C16H21FN6OS.C4H6N2S/c1-12-9-17(31-28-12)26-18-13(11-23)10-14(22)19(27-18)24-15-7-5-6-8-16(15)25-20(29)30-21(2,3)4;1-17(2,3)25-16(24)22-13-7-5-4-6-12(13)21-15-11(19)8-10(9-20)14(18)23-15;2*1-8-6-13(25-23-8)21-15-9(14(19)24)7-10(17)16(22-15)20-12-5-3-2-4-11(12)18;1-3-2-4(5)7-6-3/h9-10,15-16H,5-8H2,1-4H3,(H,25,29)(H2,24,26,27);8,12-13H,4-7H2,1-3H3,(H,21,23)(H,22,24);2*6-7,11-12H,2-5,18H2,1H3,(H2,19,24)(H2,20,21,22);2H,5H2,1H3/t15-,16+;12-,13+;2*11-,12+;/m1100./s1. The summed E-state index contributed by atoms with van der Waals surface area (Å²) in [5, 5.41) is 48.2. The number of nitrogens with one attached hydrogen (secondary N) is 9. The lowest BCUT2D eigenvalue weighted by Gasteiger charge is -2.33. The monoisotopic (exact) mass is 1660 g/mol. The molecule has 8 heterocycles. The Morgan fingerprint density at radius 1 is 0.442 bits per heavy atom. The Kier molecular flexibility index (Phi) is 32.2. The van der Waals surface area contributed by atoms with E-state index in [1.54, 1.807) is 47.6 Å². The number of alkyl carbamates (subject to hydrolysis) is 2. The molecule has 4 amide bonds. The summed E-state index contributed by atoms with van der Waals surface area (Å²) in [5.74, 6) is -3.24. The summed E-state index contributed by atoms with van der Waals surface area (Å²) >= 11 is 10.9. The predicted octanol–water partition coefficient (Wildman–Crippen LogP) is 14.9. The summed E-state index contributed by atoms with van der Waals surface area (Å²) in [5.41, 5.74) is 30.7. The molecule has 0 spiro atoms. The van der Waals surface area contributed by atoms with E-state index >= 15 is 0 Å². The number of nitrogens with zero attached hydrogens (tertiary/aromatic N) is 10. The van der Waals surface area contributed by atoms with Crippen LogP contribution in [0.1, 0.15) is 199 Å². The third kappa shape index (κ3) is 27.6. The molecule has 39 heteroatoms. The SMILES string of the molecule is CC(C)(C)OC(=O)N[C@H]1CCCC[C@H]1Nc1nc(Cl)c(C#N)cc1F.Cc1cc(N)sn1.Cc1cc(Nc2nc(N[C@@H]3CCCC[C@@H]3N)c(F)cc2C(N)=O)sn1.Cc1cc(Nc2nc(N[C@@H]3CCCC[C@@H]3N)c(F)cc2C(N)=O)sn1.Cc1cc(Nc2nc(N[C@@H]3CCCC[C@@H]3NC(=O)OC(C)(C)C)c(F)cc2C#N)sn1. The van der Waals surface area contributed by atoms with Crippen LogP contribution in [-0.4, -0.2) is 121 Å². The average Bonchev–Trinajstić information content (AvgIpc) is 1.83. The molecule has 0 unspecified atom stereocenters. The number of carbonyl (C=O) groups is 4. The van der Waals surface area contributed by atoms with Crippen LogP contribution in [0.4, 0.5) is 87.9 Å². The minimum Gasteiger partial charge on any atom is -0.444 e. The van der Waals surface area contributed by atoms with Crippen molar-refractivity contribution in [3.8, 4) is 12.1 Å². The van der Waals surface area contributed by atoms with Crippen LogP contribution >= 0.6 is 57.7 Å². The molecule has 8 aromatic heterocycles. The first kappa shape index (κ1) is 88.5. The summed E-state index contributed by atoms with van der Waals surface area (Å²) in [6, 6.07) is 14.4. The first-order chi connectivity index (χ1) is 53.5. The van der Waals surface area contributed by atoms with Gasteiger partial charge in [0, 0.05) is 36.3 Å². The molecule has 0 aromatic carbocycles. The molecule has 4 aliphatic rings. The normalized spacial score (nSPS) is 19.2. The number of halogens is 5. The minimum absolute atomic E-state index is 0.0120. The fraction of sp³-hybridized carbons (Fsp3) is 0.486. The second-order valence-corrected chi connectivity index (χ2v) is 33.1. The second kappa shape index (κ2) is 41.1. The molecule has 19 N–H and O–H groups in total. The van der Waals surface area contributed by atoms with Crippen LogP contribution in [0.3, 0.4) is 0 Å². The lowest BCUT2D eigenvalue weighted by Crippen LogP contribution is -2.50. The van der Waals surface area contributed by atoms with Gasteiger partial charge in [0.15, 0.2) is 52.4 Å². The number of nitrogen functional groups attached to an aromatic ring is 1. The molecule has 0 aliphatic heterocycles. The number of hydrogen-bond acceptors (Lipinski definition) is 30. The van der Waals surface area contributed by atoms with Crippen molar-refractivity contribution in [3.05, 3.63) is 122 Å². The molecule has 113 heavy (non-hydrogen) atoms. The van der Waals surface area contributed by atoms with E-state index in [-0.39, 0.29) is 116 Å². The number of pyridine rings is 4. The van der Waals surface area contributed by atoms with Crippen LogP contribution in [0, 0.1) is 73.6 Å². The van der Waals surface area contributed by atoms with Crippen molar-refractivity contribution in [2.24, 2.45) is 22.9 Å². The molecule has 30 nitrogen and oxygen atoms in total. The van der Waals surface area contributed by atoms with Gasteiger partial charge in [-0.15, -0.1) is 0 Å². The summed E-state index contributed by atoms with van der Waals surface area (Å²) in [6.45, 7) is 18.3. The number of nitriles is 2. The Balaban J connectivity index is 0.000000184. The zero-order valence-corrected chi connectivity index (χ0v) is 68.4. The van der Waals surface area contributed by atoms with Gasteiger partial charge in [0.1, 0.15) is 60.1 Å². The number of aromatic nitrogens is 8. The van der Waals surface area contributed by atoms with E-state index < -0.39 is 58.5 Å². The molecule has 0 bridgehead atoms. The van der Waals surface area contributed by atoms with Crippen molar-refractivity contribution in [1.82, 2.24) is 48.1 Å². The molecular weight excluding hydrogens is 1560 g/mol. The number of aryl methyl sites for hydroxylation is 4. The van der Waals surface area contributed by atoms with Gasteiger partial charge in [-0.25, -0.2) is 47.1 Å². The van der Waals surface area contributed by atoms with Crippen LogP contribution in [0.2, 0.25) is 5.15 Å². The van der Waals surface area contributed by atoms with Crippen LogP contribution in [0.5, 0.6) is 0 Å². The van der Waals surface area contributed by atoms with Crippen molar-refractivity contribution in [3.63, 3.8) is 0 Å². The number of rotatable bonds is 18. The largest absolute Gasteiger partial charge is 0.444 e. The lowest BCUT2D eigenvalue weighted by molar-refractivity contribution is 0.0477. The fourth-order valence-corrected chi connectivity index (χ4v) is 15.1. The van der Waals surface area contributed by atoms with E-state index in [1.165, 1.54) is 46.1 Å². The maximum absolute atomic E-state index is 14.7. The van der Waals surface area contributed by atoms with Crippen molar-refractivity contribution in [2.75, 3.05) is 43.0 Å². The smallest absolute Gasteiger partial charge is 0.407 e. The van der Waals surface area contributed by atoms with Crippen molar-refractivity contribution < 1.29 is 46.2 Å². The highest BCUT2D eigenvalue weighted by atomic mass is 35.5. The van der Waals surface area contributed by atoms with Gasteiger partial charge in [-0.05, 0) is 215 Å². The van der Waals surface area contributed by atoms with Crippen molar-refractivity contribution in [2.45, 2.75) is 232 Å². The number of nitrogens with two attached hydrogens (primary N) is 5. The van der Waals surface area contributed by atoms with Gasteiger partial charge in [0.05, 0.1) is 57.1 Å². The van der Waals surface area contributed by atoms with Gasteiger partial charge in [-0.2, -0.15) is 28.0 Å². The third-order valence-corrected chi connectivity index (χ3v) is 21.1. The lowest BCUT2D eigenvalue weighted by atomic mass is 9.90. The molecule has 8 atom stereocenters. The van der Waals surface area contributed by atoms with E-state index in [9.17, 15) is 42.0 Å². The average molecular weight is 1660 g/mol. The molecule has 8 aromatic rings. The Labute approximate surface area is 674 Å². The summed E-state index contributed by atoms with van der Waals surface area (Å²) in [4.78, 5) is 64.3. The van der Waals surface area contributed by atoms with Gasteiger partial charge >= 0.3 is 12.2 Å². The number of hydrogen-bond donors (Lipinski definition) is 14. The first-order valence-electron chi connectivity index (χ1n) is 36.7. The Morgan fingerprint density at radius 2 is 0.752 bits per heavy atom. The molecule has 0 saturated heterocycles. The number of anilines is 11. The quantitative estimate of drug-likeness (QED) is 0.0280. The summed E-state index contributed by atoms with van der Waals surface area (Å²) in [6.07, 6.45) is 13.6. The van der Waals surface area contributed by atoms with Gasteiger partial charge in [0.25, 0.3) is 11.8 Å². The molecule has 0 radical (unpaired) electrons. The molecular formula is C74H97ClF4N24O6S4. The highest BCUT2D eigenvalue weighted by Crippen LogP contribution is 2.34. The van der Waals surface area contributed by atoms with E-state index in [1.807, 2.05) is 58.0 Å². The third-order valence-electron chi connectivity index (χ3n) is 17.7. The topological polar surface area (TPSA) is 476 Å². The van der Waals surface area contributed by atoms with E-state index in [0.29, 0.717) is 15.0 Å². The van der Waals surface area contributed by atoms with Crippen molar-refractivity contribution in [1.29, 1.82) is 10.5 Å². The molecule has 4 aliphatic carbocycles. The fourth-order valence-electron chi connectivity index (χ4n) is 12.4. The van der Waals surface area contributed by atoms with Crippen LogP contribution in [0.25, 0.3) is 0 Å². The molecule has 608 valence electrons. The highest BCUT2D eigenvalue weighted by Gasteiger charge is 2.33. The van der Waals surface area contributed by atoms with E-state index in [0.717, 1.165) is 155 Å². The Bertz CT molecular complexity index is 4510. The molecule has 4 saturated carbocycles. The maximum Gasteiger partial charge on any atom is 0.407 e. The number of primary amides is 2. The van der Waals surface area contributed by atoms with Gasteiger partial charge in [-0.3, -0.25) is 9.59 Å². The zero-order chi connectivity index (χ0) is 82.4. The van der Waals surface area contributed by atoms with Crippen LogP contribution < -0.4 is 76.5 Å². The molecule has 12 rings (SSSR count). The first-order valence-corrected chi connectivity index (χ1v) is 40.2. The maximum atomic E-state index is 14.7. The highest BCUT2D eigenvalue weighted by molar-refractivity contribution is 7.11. The van der Waals surface area contributed by atoms with Crippen molar-refractivity contribution >= 4 is 142 Å². The van der Waals surface area contributed by atoms with E-state index in [4.69, 9.17) is 55.0 Å². The van der Waals surface area contributed by atoms with Crippen LogP contribution in [-0.2, 0) is 9.47 Å². The predicted molar refractivity (Wildman–Crippen MR) is 436 cm³/mol.